The average Bonchev–Trinajstić information content (AvgIpc) is 2.99. The number of carbonyl (C=O) groups excluding carboxylic acids is 3. The first-order chi connectivity index (χ1) is 19.9. The van der Waals surface area contributed by atoms with Gasteiger partial charge in [-0.25, -0.2) is 0 Å². The van der Waals surface area contributed by atoms with E-state index in [4.69, 9.17) is 27.9 Å². The Labute approximate surface area is 248 Å². The van der Waals surface area contributed by atoms with Crippen LogP contribution in [-0.4, -0.2) is 24.2 Å². The zero-order valence-electron chi connectivity index (χ0n) is 22.1. The number of nitrogens with one attached hydrogen (secondary N) is 2. The number of rotatable bonds is 10. The lowest BCUT2D eigenvalue weighted by molar-refractivity contribution is -0.113. The number of halogens is 2. The number of benzene rings is 4. The lowest BCUT2D eigenvalue weighted by atomic mass is 10.1. The van der Waals surface area contributed by atoms with Gasteiger partial charge in [-0.3, -0.25) is 14.4 Å². The minimum atomic E-state index is -0.546. The molecule has 4 aromatic carbocycles. The van der Waals surface area contributed by atoms with Crippen LogP contribution >= 0.6 is 23.2 Å². The molecule has 0 aliphatic heterocycles. The number of para-hydroxylation sites is 1. The third kappa shape index (κ3) is 7.94. The van der Waals surface area contributed by atoms with Gasteiger partial charge in [-0.1, -0.05) is 71.7 Å². The Morgan fingerprint density at radius 1 is 0.780 bits per heavy atom. The maximum atomic E-state index is 13.4. The quantitative estimate of drug-likeness (QED) is 0.148. The second-order valence-electron chi connectivity index (χ2n) is 8.72. The summed E-state index contributed by atoms with van der Waals surface area (Å²) in [6.45, 7) is 2.30. The summed E-state index contributed by atoms with van der Waals surface area (Å²) in [5.74, 6) is -0.657. The summed E-state index contributed by atoms with van der Waals surface area (Å²) in [6.07, 6.45) is 4.56. The molecule has 0 saturated carbocycles. The predicted octanol–water partition coefficient (Wildman–Crippen LogP) is 7.70. The van der Waals surface area contributed by atoms with E-state index in [1.807, 2.05) is 19.1 Å². The smallest absolute Gasteiger partial charge is 0.272 e. The molecule has 0 aliphatic rings. The molecule has 0 unspecified atom stereocenters. The molecule has 0 saturated heterocycles. The average molecular weight is 585 g/mol. The van der Waals surface area contributed by atoms with Crippen LogP contribution in [0.3, 0.4) is 0 Å². The minimum absolute atomic E-state index is 0.0208. The van der Waals surface area contributed by atoms with E-state index in [0.29, 0.717) is 50.3 Å². The lowest BCUT2D eigenvalue weighted by Crippen LogP contribution is -2.30. The summed E-state index contributed by atoms with van der Waals surface area (Å²) in [6, 6.07) is 27.4. The number of hydrogen-bond donors (Lipinski definition) is 2. The van der Waals surface area contributed by atoms with Crippen molar-refractivity contribution in [1.29, 1.82) is 0 Å². The molecule has 0 aliphatic carbocycles. The van der Waals surface area contributed by atoms with E-state index >= 15 is 0 Å². The van der Waals surface area contributed by atoms with Crippen molar-refractivity contribution in [2.45, 2.75) is 6.92 Å². The number of hydrogen-bond acceptors (Lipinski definition) is 4. The van der Waals surface area contributed by atoms with Crippen molar-refractivity contribution >= 4 is 58.6 Å². The number of ether oxygens (including phenoxy) is 1. The summed E-state index contributed by atoms with van der Waals surface area (Å²) in [4.78, 5) is 38.9. The Hall–Kier alpha value is -4.65. The molecule has 0 aromatic heterocycles. The van der Waals surface area contributed by atoms with Gasteiger partial charge in [-0.05, 0) is 79.2 Å². The molecule has 0 atom stereocenters. The van der Waals surface area contributed by atoms with Crippen molar-refractivity contribution in [1.82, 2.24) is 5.32 Å². The van der Waals surface area contributed by atoms with Gasteiger partial charge in [-0.15, -0.1) is 0 Å². The van der Waals surface area contributed by atoms with E-state index in [0.717, 1.165) is 0 Å². The van der Waals surface area contributed by atoms with Crippen LogP contribution in [0.25, 0.3) is 12.2 Å². The molecule has 0 spiro atoms. The first-order valence-electron chi connectivity index (χ1n) is 12.7. The third-order valence-electron chi connectivity index (χ3n) is 5.87. The number of anilines is 1. The van der Waals surface area contributed by atoms with E-state index in [1.165, 1.54) is 6.08 Å². The van der Waals surface area contributed by atoms with Gasteiger partial charge in [0.25, 0.3) is 11.8 Å². The summed E-state index contributed by atoms with van der Waals surface area (Å²) in [5, 5.41) is 6.26. The second kappa shape index (κ2) is 14.1. The molecule has 4 aromatic rings. The molecule has 0 radical (unpaired) electrons. The molecule has 2 amide bonds. The molecule has 8 heteroatoms. The number of carbonyl (C=O) groups is 3. The molecular formula is C33H26Cl2N2O4. The fourth-order valence-electron chi connectivity index (χ4n) is 3.81. The maximum Gasteiger partial charge on any atom is 0.272 e. The summed E-state index contributed by atoms with van der Waals surface area (Å²) in [5.41, 5.74) is 2.52. The standard InChI is InChI=1S/C33H26Cl2N2O4/c1-2-41-30-14-7-6-11-25(30)21-28(37-32(39)24-9-4-3-5-10-24)33(40)36-26-18-15-22(16-19-26)29(38)20-17-23-12-8-13-27(34)31(23)35/h3-21H,2H2,1H3,(H,36,40)(H,37,39)/b20-17+,28-21-. The van der Waals surface area contributed by atoms with Crippen LogP contribution in [0, 0.1) is 0 Å². The Morgan fingerprint density at radius 2 is 1.46 bits per heavy atom. The second-order valence-corrected chi connectivity index (χ2v) is 9.51. The topological polar surface area (TPSA) is 84.5 Å². The normalized spacial score (nSPS) is 11.2. The van der Waals surface area contributed by atoms with Crippen LogP contribution in [0.4, 0.5) is 5.69 Å². The summed E-state index contributed by atoms with van der Waals surface area (Å²) in [7, 11) is 0. The zero-order valence-corrected chi connectivity index (χ0v) is 23.6. The lowest BCUT2D eigenvalue weighted by Gasteiger charge is -2.13. The Bertz CT molecular complexity index is 1610. The summed E-state index contributed by atoms with van der Waals surface area (Å²) >= 11 is 12.2. The van der Waals surface area contributed by atoms with Crippen LogP contribution in [0.2, 0.25) is 10.0 Å². The first-order valence-corrected chi connectivity index (χ1v) is 13.5. The van der Waals surface area contributed by atoms with Crippen molar-refractivity contribution in [2.75, 3.05) is 11.9 Å². The number of ketones is 1. The molecule has 41 heavy (non-hydrogen) atoms. The molecular weight excluding hydrogens is 559 g/mol. The largest absolute Gasteiger partial charge is 0.493 e. The van der Waals surface area contributed by atoms with Crippen molar-refractivity contribution < 1.29 is 19.1 Å². The van der Waals surface area contributed by atoms with Crippen LogP contribution in [0.1, 0.15) is 38.8 Å². The fourth-order valence-corrected chi connectivity index (χ4v) is 4.18. The van der Waals surface area contributed by atoms with Crippen molar-refractivity contribution in [2.24, 2.45) is 0 Å². The summed E-state index contributed by atoms with van der Waals surface area (Å²) < 4.78 is 5.68. The SMILES string of the molecule is CCOc1ccccc1/C=C(\NC(=O)c1ccccc1)C(=O)Nc1ccc(C(=O)/C=C/c2cccc(Cl)c2Cl)cc1. The number of amides is 2. The predicted molar refractivity (Wildman–Crippen MR) is 164 cm³/mol. The molecule has 0 bridgehead atoms. The Balaban J connectivity index is 1.53. The van der Waals surface area contributed by atoms with Crippen molar-refractivity contribution in [3.63, 3.8) is 0 Å². The van der Waals surface area contributed by atoms with E-state index in [1.54, 1.807) is 97.1 Å². The van der Waals surface area contributed by atoms with Gasteiger partial charge in [0.15, 0.2) is 5.78 Å². The third-order valence-corrected chi connectivity index (χ3v) is 6.70. The highest BCUT2D eigenvalue weighted by atomic mass is 35.5. The monoisotopic (exact) mass is 584 g/mol. The van der Waals surface area contributed by atoms with Crippen molar-refractivity contribution in [3.8, 4) is 5.75 Å². The van der Waals surface area contributed by atoms with Gasteiger partial charge in [0.2, 0.25) is 0 Å². The van der Waals surface area contributed by atoms with Gasteiger partial charge >= 0.3 is 0 Å². The van der Waals surface area contributed by atoms with Gasteiger partial charge in [0.05, 0.1) is 16.7 Å². The molecule has 6 nitrogen and oxygen atoms in total. The van der Waals surface area contributed by atoms with Crippen LogP contribution in [0.5, 0.6) is 5.75 Å². The molecule has 4 rings (SSSR count). The van der Waals surface area contributed by atoms with E-state index in [9.17, 15) is 14.4 Å². The molecule has 0 heterocycles. The highest BCUT2D eigenvalue weighted by Gasteiger charge is 2.16. The fraction of sp³-hybridized carbons (Fsp3) is 0.0606. The maximum absolute atomic E-state index is 13.4. The zero-order chi connectivity index (χ0) is 29.2. The van der Waals surface area contributed by atoms with Gasteiger partial charge in [0.1, 0.15) is 11.4 Å². The van der Waals surface area contributed by atoms with Gasteiger partial charge < -0.3 is 15.4 Å². The van der Waals surface area contributed by atoms with Crippen molar-refractivity contribution in [3.05, 3.63) is 141 Å². The highest BCUT2D eigenvalue weighted by molar-refractivity contribution is 6.43. The first kappa shape index (κ1) is 29.3. The molecule has 0 fully saturated rings. The van der Waals surface area contributed by atoms with E-state index in [-0.39, 0.29) is 11.5 Å². The minimum Gasteiger partial charge on any atom is -0.493 e. The van der Waals surface area contributed by atoms with E-state index < -0.39 is 11.8 Å². The van der Waals surface area contributed by atoms with Crippen LogP contribution in [-0.2, 0) is 4.79 Å². The van der Waals surface area contributed by atoms with Gasteiger partial charge in [-0.2, -0.15) is 0 Å². The van der Waals surface area contributed by atoms with Gasteiger partial charge in [0, 0.05) is 22.4 Å². The molecule has 2 N–H and O–H groups in total. The Kier molecular flexibility index (Phi) is 10.1. The number of allylic oxidation sites excluding steroid dienone is 1. The Morgan fingerprint density at radius 3 is 2.20 bits per heavy atom. The van der Waals surface area contributed by atoms with E-state index in [2.05, 4.69) is 10.6 Å². The van der Waals surface area contributed by atoms with Crippen LogP contribution in [0.15, 0.2) is 109 Å². The molecule has 206 valence electrons. The highest BCUT2D eigenvalue weighted by Crippen LogP contribution is 2.26. The van der Waals surface area contributed by atoms with Crippen LogP contribution < -0.4 is 15.4 Å².